The van der Waals surface area contributed by atoms with Crippen molar-refractivity contribution in [3.8, 4) is 0 Å². The second kappa shape index (κ2) is 16.9. The summed E-state index contributed by atoms with van der Waals surface area (Å²) in [7, 11) is -3.82. The maximum Gasteiger partial charge on any atom is 0.244 e. The van der Waals surface area contributed by atoms with Gasteiger partial charge >= 0.3 is 0 Å². The molecule has 1 saturated carbocycles. The minimum absolute atomic E-state index is 0.0157. The maximum absolute atomic E-state index is 14.1. The third kappa shape index (κ3) is 11.0. The van der Waals surface area contributed by atoms with Crippen LogP contribution in [0.25, 0.3) is 0 Å². The third-order valence-electron chi connectivity index (χ3n) is 10.3. The van der Waals surface area contributed by atoms with Crippen LogP contribution < -0.4 is 16.0 Å². The number of likely N-dealkylation sites (tertiary alicyclic amines) is 1. The van der Waals surface area contributed by atoms with Crippen molar-refractivity contribution >= 4 is 27.6 Å². The SMILES string of the molecule is CCN(CC)CC(=O)NC(C(=O)NC(Cc1ccccc1)C(O)CN1CC2CCCCC2CC1C(=O)NC(C)(C)C)C(C)(C)S(C)(=O)=O. The van der Waals surface area contributed by atoms with Crippen LogP contribution in [0, 0.1) is 11.8 Å². The first kappa shape index (κ1) is 39.9. The largest absolute Gasteiger partial charge is 0.390 e. The Kier molecular flexibility index (Phi) is 14.1. The van der Waals surface area contributed by atoms with Crippen LogP contribution in [-0.2, 0) is 30.6 Å². The number of hydrogen-bond acceptors (Lipinski definition) is 8. The number of piperidine rings is 1. The van der Waals surface area contributed by atoms with Gasteiger partial charge in [-0.3, -0.25) is 24.2 Å². The van der Waals surface area contributed by atoms with Crippen molar-refractivity contribution in [1.29, 1.82) is 0 Å². The lowest BCUT2D eigenvalue weighted by Crippen LogP contribution is -2.64. The molecule has 1 aliphatic heterocycles. The van der Waals surface area contributed by atoms with E-state index in [1.54, 1.807) is 0 Å². The van der Waals surface area contributed by atoms with E-state index in [0.29, 0.717) is 31.5 Å². The number of nitrogens with one attached hydrogen (secondary N) is 3. The second-order valence-corrected chi connectivity index (χ2v) is 18.1. The summed E-state index contributed by atoms with van der Waals surface area (Å²) in [5.41, 5.74) is 0.463. The van der Waals surface area contributed by atoms with Gasteiger partial charge in [0.2, 0.25) is 17.7 Å². The number of benzene rings is 1. The molecule has 0 bridgehead atoms. The summed E-state index contributed by atoms with van der Waals surface area (Å²) in [5, 5.41) is 20.7. The molecule has 2 fully saturated rings. The van der Waals surface area contributed by atoms with Gasteiger partial charge in [-0.25, -0.2) is 8.42 Å². The van der Waals surface area contributed by atoms with Crippen molar-refractivity contribution in [2.75, 3.05) is 39.0 Å². The van der Waals surface area contributed by atoms with Crippen LogP contribution in [0.4, 0.5) is 0 Å². The molecule has 0 radical (unpaired) electrons. The van der Waals surface area contributed by atoms with Gasteiger partial charge in [0.05, 0.1) is 29.5 Å². The molecular weight excluding hydrogens is 630 g/mol. The lowest BCUT2D eigenvalue weighted by molar-refractivity contribution is -0.133. The molecule has 1 heterocycles. The number of sulfone groups is 1. The Bertz CT molecular complexity index is 1330. The van der Waals surface area contributed by atoms with Gasteiger partial charge in [0.15, 0.2) is 9.84 Å². The highest BCUT2D eigenvalue weighted by Gasteiger charge is 2.46. The van der Waals surface area contributed by atoms with E-state index in [1.807, 2.05) is 69.9 Å². The van der Waals surface area contributed by atoms with Crippen molar-refractivity contribution in [2.45, 2.75) is 122 Å². The van der Waals surface area contributed by atoms with Crippen LogP contribution in [0.15, 0.2) is 30.3 Å². The number of carbonyl (C=O) groups excluding carboxylic acids is 3. The van der Waals surface area contributed by atoms with Crippen LogP contribution in [0.2, 0.25) is 0 Å². The molecule has 272 valence electrons. The number of hydrogen-bond donors (Lipinski definition) is 4. The standard InChI is InChI=1S/C36H61N5O6S/c1-9-40(10-2)24-31(43)38-32(36(6,7)48(8,46)47)34(45)37-28(20-25-16-12-11-13-17-25)30(42)23-41-22-27-19-15-14-18-26(27)21-29(41)33(44)39-35(3,4)5/h11-13,16-17,26-30,32,42H,9-10,14-15,18-24H2,1-8H3,(H,37,45)(H,38,43)(H,39,44). The molecule has 12 heteroatoms. The average molecular weight is 692 g/mol. The molecule has 1 aromatic carbocycles. The monoisotopic (exact) mass is 691 g/mol. The Morgan fingerprint density at radius 2 is 1.58 bits per heavy atom. The lowest BCUT2D eigenvalue weighted by Gasteiger charge is -2.47. The zero-order valence-electron chi connectivity index (χ0n) is 30.4. The summed E-state index contributed by atoms with van der Waals surface area (Å²) in [5.74, 6) is -0.312. The number of amides is 3. The van der Waals surface area contributed by atoms with Crippen molar-refractivity contribution in [2.24, 2.45) is 11.8 Å². The quantitative estimate of drug-likeness (QED) is 0.220. The molecule has 0 spiro atoms. The normalized spacial score (nSPS) is 22.7. The summed E-state index contributed by atoms with van der Waals surface area (Å²) in [4.78, 5) is 44.8. The molecule has 1 aliphatic carbocycles. The summed E-state index contributed by atoms with van der Waals surface area (Å²) in [6.45, 7) is 14.7. The fraction of sp³-hybridized carbons (Fsp3) is 0.750. The van der Waals surface area contributed by atoms with Gasteiger partial charge in [-0.1, -0.05) is 63.4 Å². The number of carbonyl (C=O) groups is 3. The number of aliphatic hydroxyl groups excluding tert-OH is 1. The van der Waals surface area contributed by atoms with Gasteiger partial charge in [-0.2, -0.15) is 0 Å². The second-order valence-electron chi connectivity index (χ2n) is 15.5. The van der Waals surface area contributed by atoms with E-state index < -0.39 is 56.2 Å². The molecule has 3 amide bonds. The zero-order chi connectivity index (χ0) is 35.9. The molecule has 1 saturated heterocycles. The predicted molar refractivity (Wildman–Crippen MR) is 190 cm³/mol. The van der Waals surface area contributed by atoms with Crippen LogP contribution in [0.1, 0.15) is 86.1 Å². The molecule has 11 nitrogen and oxygen atoms in total. The number of rotatable bonds is 15. The van der Waals surface area contributed by atoms with E-state index >= 15 is 0 Å². The minimum atomic E-state index is -3.82. The van der Waals surface area contributed by atoms with E-state index in [0.717, 1.165) is 37.5 Å². The Morgan fingerprint density at radius 3 is 2.15 bits per heavy atom. The molecule has 2 aliphatic rings. The zero-order valence-corrected chi connectivity index (χ0v) is 31.2. The summed E-state index contributed by atoms with van der Waals surface area (Å²) >= 11 is 0. The molecule has 3 rings (SSSR count). The van der Waals surface area contributed by atoms with Gasteiger partial charge in [0, 0.05) is 24.9 Å². The van der Waals surface area contributed by atoms with E-state index in [9.17, 15) is 27.9 Å². The fourth-order valence-corrected chi connectivity index (χ4v) is 7.63. The number of β-amino-alcohol motifs (C(OH)–C–C–N with tert-alkyl or cyclic N) is 1. The first-order valence-electron chi connectivity index (χ1n) is 17.7. The third-order valence-corrected chi connectivity index (χ3v) is 12.4. The molecule has 6 unspecified atom stereocenters. The van der Waals surface area contributed by atoms with E-state index in [2.05, 4.69) is 20.9 Å². The number of fused-ring (bicyclic) bond motifs is 1. The van der Waals surface area contributed by atoms with Crippen LogP contribution in [0.5, 0.6) is 0 Å². The predicted octanol–water partition coefficient (Wildman–Crippen LogP) is 2.52. The Hall–Kier alpha value is -2.54. The van der Waals surface area contributed by atoms with Crippen LogP contribution in [-0.4, -0.2) is 115 Å². The number of aliphatic hydroxyl groups is 1. The molecule has 48 heavy (non-hydrogen) atoms. The van der Waals surface area contributed by atoms with Gasteiger partial charge in [-0.15, -0.1) is 0 Å². The summed E-state index contributed by atoms with van der Waals surface area (Å²) < 4.78 is 24.3. The Balaban J connectivity index is 1.92. The van der Waals surface area contributed by atoms with Gasteiger partial charge in [0.25, 0.3) is 0 Å². The van der Waals surface area contributed by atoms with Gasteiger partial charge < -0.3 is 21.1 Å². The van der Waals surface area contributed by atoms with Crippen molar-refractivity contribution in [3.05, 3.63) is 35.9 Å². The van der Waals surface area contributed by atoms with E-state index in [4.69, 9.17) is 0 Å². The first-order valence-corrected chi connectivity index (χ1v) is 19.5. The lowest BCUT2D eigenvalue weighted by atomic mass is 9.72. The minimum Gasteiger partial charge on any atom is -0.390 e. The molecule has 0 aromatic heterocycles. The maximum atomic E-state index is 14.1. The summed E-state index contributed by atoms with van der Waals surface area (Å²) in [6, 6.07) is 6.80. The fourth-order valence-electron chi connectivity index (χ4n) is 7.04. The first-order chi connectivity index (χ1) is 22.4. The van der Waals surface area contributed by atoms with Gasteiger partial charge in [0.1, 0.15) is 6.04 Å². The Labute approximate surface area is 288 Å². The molecule has 6 atom stereocenters. The van der Waals surface area contributed by atoms with Crippen LogP contribution >= 0.6 is 0 Å². The van der Waals surface area contributed by atoms with Crippen molar-refractivity contribution < 1.29 is 27.9 Å². The Morgan fingerprint density at radius 1 is 0.979 bits per heavy atom. The summed E-state index contributed by atoms with van der Waals surface area (Å²) in [6.07, 6.45) is 5.46. The topological polar surface area (TPSA) is 148 Å². The molecular formula is C36H61N5O6S. The highest BCUT2D eigenvalue weighted by atomic mass is 32.2. The highest BCUT2D eigenvalue weighted by molar-refractivity contribution is 7.92. The van der Waals surface area contributed by atoms with Gasteiger partial charge in [-0.05, 0) is 84.4 Å². The number of nitrogens with zero attached hydrogens (tertiary/aromatic N) is 2. The molecule has 4 N–H and O–H groups in total. The average Bonchev–Trinajstić information content (AvgIpc) is 3.00. The molecule has 1 aromatic rings. The van der Waals surface area contributed by atoms with Crippen molar-refractivity contribution in [3.63, 3.8) is 0 Å². The van der Waals surface area contributed by atoms with Crippen molar-refractivity contribution in [1.82, 2.24) is 25.8 Å². The van der Waals surface area contributed by atoms with E-state index in [1.165, 1.54) is 20.3 Å². The smallest absolute Gasteiger partial charge is 0.244 e. The number of likely N-dealkylation sites (N-methyl/N-ethyl adjacent to an activating group) is 1. The van der Waals surface area contributed by atoms with Crippen LogP contribution in [0.3, 0.4) is 0 Å². The highest BCUT2D eigenvalue weighted by Crippen LogP contribution is 2.39. The van der Waals surface area contributed by atoms with E-state index in [-0.39, 0.29) is 25.4 Å².